The highest BCUT2D eigenvalue weighted by molar-refractivity contribution is 6.42. The minimum Gasteiger partial charge on any atom is -0.388 e. The normalized spacial score (nSPS) is 15.0. The zero-order valence-corrected chi connectivity index (χ0v) is 10.5. The summed E-state index contributed by atoms with van der Waals surface area (Å²) in [5, 5.41) is 11.0. The first kappa shape index (κ1) is 12.8. The van der Waals surface area contributed by atoms with E-state index in [4.69, 9.17) is 23.2 Å². The second-order valence-electron chi connectivity index (χ2n) is 3.94. The van der Waals surface area contributed by atoms with Crippen molar-refractivity contribution in [2.45, 2.75) is 32.8 Å². The summed E-state index contributed by atoms with van der Waals surface area (Å²) in [6.45, 7) is 4.24. The molecule has 15 heavy (non-hydrogen) atoms. The maximum absolute atomic E-state index is 9.94. The number of rotatable bonds is 4. The molecule has 0 aliphatic carbocycles. The molecule has 2 unspecified atom stereocenters. The van der Waals surface area contributed by atoms with Crippen LogP contribution in [0.25, 0.3) is 0 Å². The van der Waals surface area contributed by atoms with Gasteiger partial charge in [-0.3, -0.25) is 0 Å². The average molecular weight is 247 g/mol. The fourth-order valence-electron chi connectivity index (χ4n) is 1.40. The van der Waals surface area contributed by atoms with Crippen molar-refractivity contribution in [3.63, 3.8) is 0 Å². The highest BCUT2D eigenvalue weighted by Gasteiger charge is 2.12. The van der Waals surface area contributed by atoms with Crippen LogP contribution in [0.2, 0.25) is 10.0 Å². The summed E-state index contributed by atoms with van der Waals surface area (Å²) >= 11 is 11.7. The van der Waals surface area contributed by atoms with Gasteiger partial charge in [0.05, 0.1) is 16.1 Å². The third kappa shape index (κ3) is 3.67. The maximum Gasteiger partial charge on any atom is 0.0793 e. The van der Waals surface area contributed by atoms with E-state index in [1.54, 1.807) is 12.1 Å². The van der Waals surface area contributed by atoms with E-state index in [1.807, 2.05) is 6.07 Å². The van der Waals surface area contributed by atoms with Crippen LogP contribution in [0, 0.1) is 5.92 Å². The van der Waals surface area contributed by atoms with E-state index in [-0.39, 0.29) is 0 Å². The van der Waals surface area contributed by atoms with E-state index in [0.29, 0.717) is 16.0 Å². The lowest BCUT2D eigenvalue weighted by atomic mass is 9.96. The number of benzene rings is 1. The van der Waals surface area contributed by atoms with Crippen molar-refractivity contribution >= 4 is 23.2 Å². The molecular formula is C12H16Cl2O. The Balaban J connectivity index is 2.73. The molecule has 0 aliphatic heterocycles. The Kier molecular flexibility index (Phi) is 4.91. The van der Waals surface area contributed by atoms with Crippen LogP contribution in [0.5, 0.6) is 0 Å². The fourth-order valence-corrected chi connectivity index (χ4v) is 1.71. The molecule has 1 N–H and O–H groups in total. The zero-order valence-electron chi connectivity index (χ0n) is 9.00. The Morgan fingerprint density at radius 2 is 1.93 bits per heavy atom. The van der Waals surface area contributed by atoms with Crippen molar-refractivity contribution in [1.82, 2.24) is 0 Å². The molecular weight excluding hydrogens is 231 g/mol. The number of aliphatic hydroxyl groups excluding tert-OH is 1. The first-order chi connectivity index (χ1) is 7.04. The van der Waals surface area contributed by atoms with Crippen LogP contribution in [-0.4, -0.2) is 5.11 Å². The molecule has 2 atom stereocenters. The summed E-state index contributed by atoms with van der Waals surface area (Å²) in [4.78, 5) is 0. The van der Waals surface area contributed by atoms with Crippen LogP contribution >= 0.6 is 23.2 Å². The topological polar surface area (TPSA) is 20.2 Å². The molecule has 0 saturated heterocycles. The molecule has 0 radical (unpaired) electrons. The van der Waals surface area contributed by atoms with Gasteiger partial charge in [0.15, 0.2) is 0 Å². The Labute approximate surface area is 101 Å². The lowest BCUT2D eigenvalue weighted by Gasteiger charge is -2.15. The molecule has 1 nitrogen and oxygen atoms in total. The molecule has 84 valence electrons. The highest BCUT2D eigenvalue weighted by atomic mass is 35.5. The van der Waals surface area contributed by atoms with Crippen LogP contribution in [0.3, 0.4) is 0 Å². The quantitative estimate of drug-likeness (QED) is 0.832. The Bertz CT molecular complexity index is 325. The molecule has 0 heterocycles. The van der Waals surface area contributed by atoms with Crippen LogP contribution in [0.1, 0.15) is 38.4 Å². The third-order valence-corrected chi connectivity index (χ3v) is 3.39. The van der Waals surface area contributed by atoms with Gasteiger partial charge in [0, 0.05) is 0 Å². The molecule has 0 bridgehead atoms. The average Bonchev–Trinajstić information content (AvgIpc) is 2.21. The summed E-state index contributed by atoms with van der Waals surface area (Å²) in [5.74, 6) is 0.509. The van der Waals surface area contributed by atoms with Gasteiger partial charge in [-0.15, -0.1) is 0 Å². The van der Waals surface area contributed by atoms with E-state index >= 15 is 0 Å². The predicted octanol–water partition coefficient (Wildman–Crippen LogP) is 4.46. The lowest BCUT2D eigenvalue weighted by Crippen LogP contribution is -2.03. The van der Waals surface area contributed by atoms with Crippen molar-refractivity contribution in [2.24, 2.45) is 5.92 Å². The lowest BCUT2D eigenvalue weighted by molar-refractivity contribution is 0.146. The molecule has 0 amide bonds. The SMILES string of the molecule is CCC(C)CC(O)c1ccc(Cl)c(Cl)c1. The smallest absolute Gasteiger partial charge is 0.0793 e. The molecule has 1 aromatic rings. The highest BCUT2D eigenvalue weighted by Crippen LogP contribution is 2.28. The molecule has 0 saturated carbocycles. The van der Waals surface area contributed by atoms with Gasteiger partial charge in [0.25, 0.3) is 0 Å². The molecule has 0 aromatic heterocycles. The number of halogens is 2. The maximum atomic E-state index is 9.94. The van der Waals surface area contributed by atoms with E-state index < -0.39 is 6.10 Å². The number of aliphatic hydroxyl groups is 1. The molecule has 0 spiro atoms. The number of hydrogen-bond acceptors (Lipinski definition) is 1. The minimum absolute atomic E-state index is 0.449. The van der Waals surface area contributed by atoms with Crippen LogP contribution in [0.15, 0.2) is 18.2 Å². The van der Waals surface area contributed by atoms with Crippen LogP contribution in [0.4, 0.5) is 0 Å². The van der Waals surface area contributed by atoms with Gasteiger partial charge in [-0.05, 0) is 30.0 Å². The van der Waals surface area contributed by atoms with Gasteiger partial charge < -0.3 is 5.11 Å². The van der Waals surface area contributed by atoms with E-state index in [2.05, 4.69) is 13.8 Å². The first-order valence-corrected chi connectivity index (χ1v) is 5.93. The molecule has 1 aromatic carbocycles. The Morgan fingerprint density at radius 1 is 1.27 bits per heavy atom. The summed E-state index contributed by atoms with van der Waals surface area (Å²) < 4.78 is 0. The van der Waals surface area contributed by atoms with Crippen molar-refractivity contribution in [1.29, 1.82) is 0 Å². The monoisotopic (exact) mass is 246 g/mol. The Hall–Kier alpha value is -0.240. The van der Waals surface area contributed by atoms with Crippen molar-refractivity contribution in [3.8, 4) is 0 Å². The van der Waals surface area contributed by atoms with Gasteiger partial charge in [-0.2, -0.15) is 0 Å². The third-order valence-electron chi connectivity index (χ3n) is 2.65. The van der Waals surface area contributed by atoms with Crippen LogP contribution in [-0.2, 0) is 0 Å². The van der Waals surface area contributed by atoms with Crippen molar-refractivity contribution in [2.75, 3.05) is 0 Å². The second-order valence-corrected chi connectivity index (χ2v) is 4.75. The molecule has 3 heteroatoms. The van der Waals surface area contributed by atoms with Gasteiger partial charge >= 0.3 is 0 Å². The van der Waals surface area contributed by atoms with Crippen molar-refractivity contribution in [3.05, 3.63) is 33.8 Å². The van der Waals surface area contributed by atoms with Crippen molar-refractivity contribution < 1.29 is 5.11 Å². The van der Waals surface area contributed by atoms with Gasteiger partial charge in [0.2, 0.25) is 0 Å². The van der Waals surface area contributed by atoms with E-state index in [1.165, 1.54) is 0 Å². The van der Waals surface area contributed by atoms with Gasteiger partial charge in [-0.25, -0.2) is 0 Å². The zero-order chi connectivity index (χ0) is 11.4. The summed E-state index contributed by atoms with van der Waals surface area (Å²) in [5.41, 5.74) is 0.838. The Morgan fingerprint density at radius 3 is 2.47 bits per heavy atom. The molecule has 1 rings (SSSR count). The van der Waals surface area contributed by atoms with Gasteiger partial charge in [-0.1, -0.05) is 49.5 Å². The first-order valence-electron chi connectivity index (χ1n) is 5.17. The molecule has 0 aliphatic rings. The summed E-state index contributed by atoms with van der Waals surface area (Å²) in [6.07, 6.45) is 1.38. The fraction of sp³-hybridized carbons (Fsp3) is 0.500. The standard InChI is InChI=1S/C12H16Cl2O/c1-3-8(2)6-12(15)9-4-5-10(13)11(14)7-9/h4-5,7-8,12,15H,3,6H2,1-2H3. The predicted molar refractivity (Wildman–Crippen MR) is 65.5 cm³/mol. The summed E-state index contributed by atoms with van der Waals surface area (Å²) in [6, 6.07) is 5.28. The minimum atomic E-state index is -0.449. The van der Waals surface area contributed by atoms with E-state index in [9.17, 15) is 5.11 Å². The second kappa shape index (κ2) is 5.74. The van der Waals surface area contributed by atoms with Gasteiger partial charge in [0.1, 0.15) is 0 Å². The molecule has 0 fully saturated rings. The largest absolute Gasteiger partial charge is 0.388 e. The van der Waals surface area contributed by atoms with E-state index in [0.717, 1.165) is 18.4 Å². The van der Waals surface area contributed by atoms with Crippen LogP contribution < -0.4 is 0 Å². The number of hydrogen-bond donors (Lipinski definition) is 1. The summed E-state index contributed by atoms with van der Waals surface area (Å²) in [7, 11) is 0.